The minimum atomic E-state index is -4.45. The van der Waals surface area contributed by atoms with Gasteiger partial charge in [0.25, 0.3) is 0 Å². The molecule has 0 unspecified atom stereocenters. The molecule has 34 heavy (non-hydrogen) atoms. The molecule has 0 aliphatic carbocycles. The van der Waals surface area contributed by atoms with Gasteiger partial charge in [0, 0.05) is 45.5 Å². The Morgan fingerprint density at radius 3 is 2.00 bits per heavy atom. The van der Waals surface area contributed by atoms with Crippen LogP contribution in [-0.2, 0) is 47.3 Å². The quantitative estimate of drug-likeness (QED) is 0.175. The molecule has 0 spiro atoms. The summed E-state index contributed by atoms with van der Waals surface area (Å²) in [5.74, 6) is 1.32. The van der Waals surface area contributed by atoms with Gasteiger partial charge in [0.05, 0.1) is 16.8 Å². The van der Waals surface area contributed by atoms with Gasteiger partial charge in [0.15, 0.2) is 9.84 Å². The fourth-order valence-electron chi connectivity index (χ4n) is 3.03. The molecular weight excluding hydrogens is 580 g/mol. The maximum atomic E-state index is 12.5. The molecule has 0 aliphatic heterocycles. The smallest absolute Gasteiger partial charge is 0.254 e. The first-order chi connectivity index (χ1) is 15.7. The molecule has 3 aromatic rings. The SMILES string of the molecule is O=P(Cc1ccc(CSCc2ccc(CS(=O)(=O)c3ccccc3)cc2)cc1Br)(OF)OF.[Na]. The van der Waals surface area contributed by atoms with Crippen LogP contribution in [0.2, 0.25) is 0 Å². The fourth-order valence-corrected chi connectivity index (χ4v) is 6.94. The van der Waals surface area contributed by atoms with Crippen molar-refractivity contribution in [3.05, 3.63) is 99.5 Å². The van der Waals surface area contributed by atoms with Gasteiger partial charge in [-0.25, -0.2) is 8.42 Å². The van der Waals surface area contributed by atoms with Crippen LogP contribution in [0.3, 0.4) is 0 Å². The van der Waals surface area contributed by atoms with Gasteiger partial charge in [-0.05, 0) is 49.5 Å². The first-order valence-corrected chi connectivity index (χ1v) is 15.0. The molecular formula is C22H20BrF2NaO5PS2. The molecule has 0 fully saturated rings. The van der Waals surface area contributed by atoms with E-state index in [0.717, 1.165) is 16.7 Å². The van der Waals surface area contributed by atoms with E-state index >= 15 is 0 Å². The molecule has 0 aliphatic rings. The summed E-state index contributed by atoms with van der Waals surface area (Å²) < 4.78 is 68.0. The number of rotatable bonds is 11. The zero-order chi connectivity index (χ0) is 23.9. The number of thioether (sulfide) groups is 1. The van der Waals surface area contributed by atoms with E-state index in [0.29, 0.717) is 26.4 Å². The summed E-state index contributed by atoms with van der Waals surface area (Å²) >= 11 is 4.96. The van der Waals surface area contributed by atoms with Crippen molar-refractivity contribution in [3.8, 4) is 0 Å². The molecule has 3 rings (SSSR count). The number of sulfone groups is 1. The van der Waals surface area contributed by atoms with Gasteiger partial charge in [-0.1, -0.05) is 70.5 Å². The van der Waals surface area contributed by atoms with E-state index in [2.05, 4.69) is 25.4 Å². The van der Waals surface area contributed by atoms with Crippen molar-refractivity contribution < 1.29 is 31.5 Å². The van der Waals surface area contributed by atoms with Crippen LogP contribution >= 0.6 is 35.3 Å². The monoisotopic (exact) mass is 599 g/mol. The van der Waals surface area contributed by atoms with Crippen molar-refractivity contribution in [1.29, 1.82) is 0 Å². The number of hydrogen-bond donors (Lipinski definition) is 0. The fraction of sp³-hybridized carbons (Fsp3) is 0.182. The Morgan fingerprint density at radius 2 is 1.41 bits per heavy atom. The van der Waals surface area contributed by atoms with Gasteiger partial charge in [0.2, 0.25) is 0 Å². The van der Waals surface area contributed by atoms with Crippen LogP contribution in [0, 0.1) is 0 Å². The van der Waals surface area contributed by atoms with Gasteiger partial charge in [-0.15, -0.1) is 9.46 Å². The molecule has 1 radical (unpaired) electrons. The Bertz CT molecular complexity index is 1220. The van der Waals surface area contributed by atoms with Crippen LogP contribution in [0.25, 0.3) is 0 Å². The standard InChI is InChI=1S/C22H20BrF2O5PS2.Na/c23-22-12-19(10-11-20(22)13-31(26,29-24)30-25)15-32-14-17-6-8-18(9-7-17)16-33(27,28)21-4-2-1-3-5-21;/h1-12H,13-16H2;. The van der Waals surface area contributed by atoms with E-state index < -0.39 is 23.6 Å². The van der Waals surface area contributed by atoms with Crippen molar-refractivity contribution >= 4 is 74.7 Å². The van der Waals surface area contributed by atoms with Crippen molar-refractivity contribution in [2.45, 2.75) is 28.3 Å². The van der Waals surface area contributed by atoms with Crippen LogP contribution in [0.1, 0.15) is 22.3 Å². The minimum absolute atomic E-state index is 0. The van der Waals surface area contributed by atoms with Crippen LogP contribution in [0.5, 0.6) is 0 Å². The molecule has 0 saturated carbocycles. The molecule has 0 aromatic heterocycles. The zero-order valence-corrected chi connectivity index (χ0v) is 24.3. The van der Waals surface area contributed by atoms with Gasteiger partial charge in [-0.2, -0.15) is 11.8 Å². The number of halogens is 3. The predicted octanol–water partition coefficient (Wildman–Crippen LogP) is 6.97. The van der Waals surface area contributed by atoms with Crippen LogP contribution in [0.15, 0.2) is 82.2 Å². The molecule has 5 nitrogen and oxygen atoms in total. The van der Waals surface area contributed by atoms with Gasteiger partial charge in [-0.3, -0.25) is 4.57 Å². The second kappa shape index (κ2) is 13.7. The van der Waals surface area contributed by atoms with Crippen LogP contribution < -0.4 is 0 Å². The third-order valence-electron chi connectivity index (χ3n) is 4.71. The van der Waals surface area contributed by atoms with Crippen molar-refractivity contribution in [2.75, 3.05) is 0 Å². The first kappa shape index (κ1) is 29.7. The average Bonchev–Trinajstić information content (AvgIpc) is 2.82. The van der Waals surface area contributed by atoms with Crippen molar-refractivity contribution in [3.63, 3.8) is 0 Å². The van der Waals surface area contributed by atoms with E-state index in [1.165, 1.54) is 0 Å². The average molecular weight is 600 g/mol. The van der Waals surface area contributed by atoms with Crippen molar-refractivity contribution in [1.82, 2.24) is 0 Å². The minimum Gasteiger partial charge on any atom is -0.254 e. The van der Waals surface area contributed by atoms with E-state index in [9.17, 15) is 22.0 Å². The number of hydrogen-bond acceptors (Lipinski definition) is 6. The topological polar surface area (TPSA) is 69.7 Å². The second-order valence-electron chi connectivity index (χ2n) is 7.21. The Hall–Kier alpha value is -0.550. The molecule has 0 atom stereocenters. The van der Waals surface area contributed by atoms with Crippen molar-refractivity contribution in [2.24, 2.45) is 0 Å². The third-order valence-corrected chi connectivity index (χ3v) is 9.38. The number of benzene rings is 3. The van der Waals surface area contributed by atoms with E-state index in [1.807, 2.05) is 24.3 Å². The summed E-state index contributed by atoms with van der Waals surface area (Å²) in [4.78, 5) is 0.305. The first-order valence-electron chi connectivity index (χ1n) is 9.65. The van der Waals surface area contributed by atoms with E-state index in [1.54, 1.807) is 60.3 Å². The summed E-state index contributed by atoms with van der Waals surface area (Å²) in [6, 6.07) is 21.0. The van der Waals surface area contributed by atoms with E-state index in [4.69, 9.17) is 0 Å². The Balaban J connectivity index is 0.00000408. The van der Waals surface area contributed by atoms with Crippen LogP contribution in [-0.4, -0.2) is 38.0 Å². The second-order valence-corrected chi connectivity index (χ2v) is 12.9. The molecule has 0 heterocycles. The largest absolute Gasteiger partial charge is 0.399 e. The van der Waals surface area contributed by atoms with Gasteiger partial charge in [0.1, 0.15) is 0 Å². The summed E-state index contributed by atoms with van der Waals surface area (Å²) in [7, 11) is -7.83. The third kappa shape index (κ3) is 8.54. The van der Waals surface area contributed by atoms with E-state index in [-0.39, 0.29) is 35.3 Å². The summed E-state index contributed by atoms with van der Waals surface area (Å²) in [6.07, 6.45) is -0.541. The molecule has 0 amide bonds. The summed E-state index contributed by atoms with van der Waals surface area (Å²) in [5, 5.41) is 0. The van der Waals surface area contributed by atoms with Crippen LogP contribution in [0.4, 0.5) is 9.05 Å². The maximum absolute atomic E-state index is 12.5. The van der Waals surface area contributed by atoms with Gasteiger partial charge >= 0.3 is 7.60 Å². The Kier molecular flexibility index (Phi) is 11.9. The normalized spacial score (nSPS) is 11.7. The molecule has 12 heteroatoms. The zero-order valence-electron chi connectivity index (χ0n) is 18.2. The molecule has 3 aromatic carbocycles. The maximum Gasteiger partial charge on any atom is 0.399 e. The summed E-state index contributed by atoms with van der Waals surface area (Å²) in [6.45, 7) is 0. The molecule has 0 bridgehead atoms. The summed E-state index contributed by atoms with van der Waals surface area (Å²) in [5.41, 5.74) is 3.12. The molecule has 0 saturated heterocycles. The molecule has 177 valence electrons. The molecule has 0 N–H and O–H groups in total. The Morgan fingerprint density at radius 1 is 0.853 bits per heavy atom. The predicted molar refractivity (Wildman–Crippen MR) is 134 cm³/mol. The van der Waals surface area contributed by atoms with Gasteiger partial charge < -0.3 is 0 Å². The Labute approximate surface area is 232 Å².